The molecular weight excluding hydrogens is 366 g/mol. The molecule has 0 unspecified atom stereocenters. The number of amides is 2. The molecule has 0 fully saturated rings. The standard InChI is InChI=1S/C23H23N3O3/c1-15(27)26-12-11-17-16-7-3-5-9-19(16)24-21(17)23(26)18-8-4-6-10-20(18)25(22(23)28)13-14-29-2/h3-10,24H,11-14H2,1-2H3/t23-/m1/s1. The van der Waals surface area contributed by atoms with Gasteiger partial charge in [-0.1, -0.05) is 36.4 Å². The van der Waals surface area contributed by atoms with Crippen molar-refractivity contribution in [1.82, 2.24) is 9.88 Å². The maximum absolute atomic E-state index is 14.1. The first kappa shape index (κ1) is 17.9. The van der Waals surface area contributed by atoms with Crippen LogP contribution in [0.5, 0.6) is 0 Å². The maximum atomic E-state index is 14.1. The van der Waals surface area contributed by atoms with Crippen LogP contribution in [0.3, 0.4) is 0 Å². The van der Waals surface area contributed by atoms with E-state index in [1.165, 1.54) is 0 Å². The van der Waals surface area contributed by atoms with Crippen molar-refractivity contribution in [3.63, 3.8) is 0 Å². The molecule has 0 radical (unpaired) electrons. The molecule has 0 saturated carbocycles. The fourth-order valence-electron chi connectivity index (χ4n) is 5.03. The molecule has 6 nitrogen and oxygen atoms in total. The number of H-pyrrole nitrogens is 1. The van der Waals surface area contributed by atoms with Crippen molar-refractivity contribution in [2.24, 2.45) is 0 Å². The van der Waals surface area contributed by atoms with Crippen LogP contribution < -0.4 is 4.90 Å². The zero-order valence-corrected chi connectivity index (χ0v) is 16.6. The Morgan fingerprint density at radius 1 is 1.17 bits per heavy atom. The van der Waals surface area contributed by atoms with E-state index in [9.17, 15) is 9.59 Å². The van der Waals surface area contributed by atoms with Crippen molar-refractivity contribution in [1.29, 1.82) is 0 Å². The Hall–Kier alpha value is -3.12. The van der Waals surface area contributed by atoms with Gasteiger partial charge >= 0.3 is 0 Å². The number of hydrogen-bond acceptors (Lipinski definition) is 3. The number of anilines is 1. The van der Waals surface area contributed by atoms with Crippen molar-refractivity contribution in [2.45, 2.75) is 18.9 Å². The molecule has 148 valence electrons. The molecule has 0 aliphatic carbocycles. The minimum Gasteiger partial charge on any atom is -0.383 e. The summed E-state index contributed by atoms with van der Waals surface area (Å²) in [7, 11) is 1.63. The smallest absolute Gasteiger partial charge is 0.264 e. The van der Waals surface area contributed by atoms with Crippen molar-refractivity contribution in [2.75, 3.05) is 31.7 Å². The lowest BCUT2D eigenvalue weighted by molar-refractivity contribution is -0.143. The van der Waals surface area contributed by atoms with Crippen molar-refractivity contribution < 1.29 is 14.3 Å². The largest absolute Gasteiger partial charge is 0.383 e. The maximum Gasteiger partial charge on any atom is 0.264 e. The monoisotopic (exact) mass is 389 g/mol. The summed E-state index contributed by atoms with van der Waals surface area (Å²) in [5, 5.41) is 1.12. The summed E-state index contributed by atoms with van der Waals surface area (Å²) >= 11 is 0. The third kappa shape index (κ3) is 2.26. The quantitative estimate of drug-likeness (QED) is 0.749. The molecule has 0 saturated heterocycles. The first-order chi connectivity index (χ1) is 14.1. The van der Waals surface area contributed by atoms with Crippen LogP contribution in [-0.4, -0.2) is 48.5 Å². The van der Waals surface area contributed by atoms with Gasteiger partial charge in [-0.05, 0) is 24.1 Å². The summed E-state index contributed by atoms with van der Waals surface area (Å²) in [5.74, 6) is -0.204. The molecule has 2 aromatic carbocycles. The van der Waals surface area contributed by atoms with Crippen LogP contribution in [0.1, 0.15) is 23.7 Å². The summed E-state index contributed by atoms with van der Waals surface area (Å²) in [6.07, 6.45) is 0.716. The van der Waals surface area contributed by atoms with Crippen LogP contribution in [0.25, 0.3) is 10.9 Å². The number of methoxy groups -OCH3 is 1. The molecule has 29 heavy (non-hydrogen) atoms. The Kier molecular flexibility index (Phi) is 3.99. The topological polar surface area (TPSA) is 65.6 Å². The first-order valence-electron chi connectivity index (χ1n) is 9.89. The summed E-state index contributed by atoms with van der Waals surface area (Å²) in [6, 6.07) is 15.9. The van der Waals surface area contributed by atoms with E-state index in [1.54, 1.807) is 23.8 Å². The number of hydrogen-bond donors (Lipinski definition) is 1. The summed E-state index contributed by atoms with van der Waals surface area (Å²) in [4.78, 5) is 33.8. The minimum atomic E-state index is -1.16. The zero-order chi connectivity index (χ0) is 20.2. The molecule has 3 aromatic rings. The van der Waals surface area contributed by atoms with Gasteiger partial charge in [-0.2, -0.15) is 0 Å². The number of aromatic nitrogens is 1. The highest BCUT2D eigenvalue weighted by molar-refractivity contribution is 6.12. The van der Waals surface area contributed by atoms with Crippen LogP contribution in [0.15, 0.2) is 48.5 Å². The van der Waals surface area contributed by atoms with Crippen LogP contribution in [0, 0.1) is 0 Å². The first-order valence-corrected chi connectivity index (χ1v) is 9.89. The SMILES string of the molecule is COCCN1C(=O)[C@@]2(c3ccccc31)c1[nH]c3ccccc3c1CCN2C(C)=O. The van der Waals surface area contributed by atoms with Crippen molar-refractivity contribution in [3.8, 4) is 0 Å². The molecule has 3 heterocycles. The predicted molar refractivity (Wildman–Crippen MR) is 111 cm³/mol. The van der Waals surface area contributed by atoms with Gasteiger partial charge in [-0.25, -0.2) is 0 Å². The highest BCUT2D eigenvalue weighted by Crippen LogP contribution is 2.51. The number of nitrogens with one attached hydrogen (secondary N) is 1. The molecule has 2 aliphatic rings. The lowest BCUT2D eigenvalue weighted by atomic mass is 9.80. The fraction of sp³-hybridized carbons (Fsp3) is 0.304. The second kappa shape index (κ2) is 6.46. The summed E-state index contributed by atoms with van der Waals surface area (Å²) in [6.45, 7) is 2.91. The third-order valence-corrected chi connectivity index (χ3v) is 6.20. The van der Waals surface area contributed by atoms with E-state index in [2.05, 4.69) is 11.1 Å². The van der Waals surface area contributed by atoms with Crippen LogP contribution in [-0.2, 0) is 26.3 Å². The number of aromatic amines is 1. The van der Waals surface area contributed by atoms with E-state index < -0.39 is 5.54 Å². The van der Waals surface area contributed by atoms with Gasteiger partial charge in [0, 0.05) is 43.6 Å². The van der Waals surface area contributed by atoms with E-state index in [0.717, 1.165) is 33.4 Å². The van der Waals surface area contributed by atoms with Gasteiger partial charge in [0.2, 0.25) is 5.91 Å². The Bertz CT molecular complexity index is 1140. The molecule has 6 heteroatoms. The number of fused-ring (bicyclic) bond motifs is 6. The predicted octanol–water partition coefficient (Wildman–Crippen LogP) is 2.81. The van der Waals surface area contributed by atoms with E-state index in [4.69, 9.17) is 4.74 Å². The molecule has 1 N–H and O–H groups in total. The number of nitrogens with zero attached hydrogens (tertiary/aromatic N) is 2. The fourth-order valence-corrected chi connectivity index (χ4v) is 5.03. The van der Waals surface area contributed by atoms with Gasteiger partial charge in [-0.3, -0.25) is 9.59 Å². The normalized spacial score (nSPS) is 20.4. The number of para-hydroxylation sites is 2. The number of benzene rings is 2. The van der Waals surface area contributed by atoms with E-state index in [0.29, 0.717) is 26.1 Å². The van der Waals surface area contributed by atoms with E-state index >= 15 is 0 Å². The highest BCUT2D eigenvalue weighted by Gasteiger charge is 2.60. The second-order valence-corrected chi connectivity index (χ2v) is 7.62. The summed E-state index contributed by atoms with van der Waals surface area (Å²) < 4.78 is 5.25. The Morgan fingerprint density at radius 2 is 1.93 bits per heavy atom. The molecule has 2 aliphatic heterocycles. The molecule has 5 rings (SSSR count). The highest BCUT2D eigenvalue weighted by atomic mass is 16.5. The number of rotatable bonds is 3. The minimum absolute atomic E-state index is 0.0987. The van der Waals surface area contributed by atoms with Crippen molar-refractivity contribution in [3.05, 3.63) is 65.4 Å². The lowest BCUT2D eigenvalue weighted by Gasteiger charge is -2.43. The average Bonchev–Trinajstić information content (AvgIpc) is 3.22. The summed E-state index contributed by atoms with van der Waals surface area (Å²) in [5.41, 5.74) is 3.45. The third-order valence-electron chi connectivity index (χ3n) is 6.20. The van der Waals surface area contributed by atoms with Crippen LogP contribution in [0.4, 0.5) is 5.69 Å². The molecule has 1 atom stereocenters. The zero-order valence-electron chi connectivity index (χ0n) is 16.6. The second-order valence-electron chi connectivity index (χ2n) is 7.62. The van der Waals surface area contributed by atoms with Gasteiger partial charge in [-0.15, -0.1) is 0 Å². The molecular formula is C23H23N3O3. The van der Waals surface area contributed by atoms with E-state index in [1.807, 2.05) is 42.5 Å². The van der Waals surface area contributed by atoms with Crippen LogP contribution >= 0.6 is 0 Å². The van der Waals surface area contributed by atoms with Crippen molar-refractivity contribution >= 4 is 28.4 Å². The van der Waals surface area contributed by atoms with Gasteiger partial charge in [0.1, 0.15) is 0 Å². The Labute approximate surface area is 169 Å². The van der Waals surface area contributed by atoms with E-state index in [-0.39, 0.29) is 11.8 Å². The number of carbonyl (C=O) groups is 2. The van der Waals surface area contributed by atoms with Gasteiger partial charge in [0.05, 0.1) is 18.0 Å². The molecule has 0 bridgehead atoms. The average molecular weight is 389 g/mol. The number of ether oxygens (including phenoxy) is 1. The Morgan fingerprint density at radius 3 is 2.72 bits per heavy atom. The number of carbonyl (C=O) groups excluding carboxylic acids is 2. The van der Waals surface area contributed by atoms with Gasteiger partial charge < -0.3 is 19.5 Å². The lowest BCUT2D eigenvalue weighted by Crippen LogP contribution is -2.59. The molecule has 1 spiro atoms. The Balaban J connectivity index is 1.83. The van der Waals surface area contributed by atoms with Gasteiger partial charge in [0.15, 0.2) is 5.54 Å². The van der Waals surface area contributed by atoms with Crippen LogP contribution in [0.2, 0.25) is 0 Å². The molecule has 1 aromatic heterocycles. The molecule has 2 amide bonds. The van der Waals surface area contributed by atoms with Gasteiger partial charge in [0.25, 0.3) is 5.91 Å².